The zero-order chi connectivity index (χ0) is 10.4. The van der Waals surface area contributed by atoms with E-state index in [4.69, 9.17) is 10.7 Å². The van der Waals surface area contributed by atoms with Crippen LogP contribution in [0.15, 0.2) is 0 Å². The fraction of sp³-hybridized carbons (Fsp3) is 0.727. The molecule has 1 aliphatic carbocycles. The molecule has 2 heterocycles. The number of nitrogens with two attached hydrogens (primary N) is 1. The van der Waals surface area contributed by atoms with Crippen molar-refractivity contribution in [3.05, 3.63) is 11.5 Å². The van der Waals surface area contributed by atoms with Gasteiger partial charge in [-0.15, -0.1) is 0 Å². The zero-order valence-electron chi connectivity index (χ0n) is 9.07. The number of nitrogen functional groups attached to an aromatic ring is 1. The fourth-order valence-corrected chi connectivity index (χ4v) is 3.54. The van der Waals surface area contributed by atoms with E-state index in [1.807, 2.05) is 11.8 Å². The first-order valence-electron chi connectivity index (χ1n) is 5.67. The van der Waals surface area contributed by atoms with Crippen molar-refractivity contribution < 1.29 is 0 Å². The predicted octanol–water partition coefficient (Wildman–Crippen LogP) is 2.10. The van der Waals surface area contributed by atoms with Crippen LogP contribution in [-0.2, 0) is 7.05 Å². The summed E-state index contributed by atoms with van der Waals surface area (Å²) in [5, 5.41) is 0. The van der Waals surface area contributed by atoms with Crippen molar-refractivity contribution in [2.75, 3.05) is 17.2 Å². The number of hydrogen-bond donors (Lipinski definition) is 1. The normalized spacial score (nSPS) is 26.1. The molecule has 0 amide bonds. The number of hydrogen-bond acceptors (Lipinski definition) is 3. The van der Waals surface area contributed by atoms with E-state index < -0.39 is 0 Å². The van der Waals surface area contributed by atoms with Crippen molar-refractivity contribution in [2.45, 2.75) is 31.1 Å². The Hall–Kier alpha value is -0.640. The summed E-state index contributed by atoms with van der Waals surface area (Å²) in [4.78, 5) is 4.78. The van der Waals surface area contributed by atoms with Crippen LogP contribution in [0, 0.1) is 0 Å². The second-order valence-electron chi connectivity index (χ2n) is 4.63. The molecule has 3 nitrogen and oxygen atoms in total. The summed E-state index contributed by atoms with van der Waals surface area (Å²) in [7, 11) is 2.06. The van der Waals surface area contributed by atoms with Crippen LogP contribution in [0.1, 0.15) is 42.6 Å². The van der Waals surface area contributed by atoms with Gasteiger partial charge in [-0.2, -0.15) is 11.8 Å². The molecule has 0 radical (unpaired) electrons. The molecule has 1 aromatic heterocycles. The number of anilines is 1. The van der Waals surface area contributed by atoms with Crippen LogP contribution < -0.4 is 5.73 Å². The Balaban J connectivity index is 1.96. The Morgan fingerprint density at radius 2 is 2.13 bits per heavy atom. The quantitative estimate of drug-likeness (QED) is 0.835. The van der Waals surface area contributed by atoms with Crippen molar-refractivity contribution in [2.24, 2.45) is 7.05 Å². The van der Waals surface area contributed by atoms with Gasteiger partial charge in [-0.1, -0.05) is 0 Å². The highest BCUT2D eigenvalue weighted by Crippen LogP contribution is 2.42. The summed E-state index contributed by atoms with van der Waals surface area (Å²) in [6, 6.07) is 0. The lowest BCUT2D eigenvalue weighted by Crippen LogP contribution is -2.04. The molecule has 1 aromatic rings. The molecule has 1 unspecified atom stereocenters. The van der Waals surface area contributed by atoms with Gasteiger partial charge >= 0.3 is 0 Å². The molecule has 1 saturated heterocycles. The standard InChI is InChI=1S/C11H17N3S/c1-14-10(12)9(8-4-5-15-6-8)13-11(14)7-2-3-7/h7-8H,2-6,12H2,1H3. The summed E-state index contributed by atoms with van der Waals surface area (Å²) >= 11 is 2.02. The molecule has 2 fully saturated rings. The minimum atomic E-state index is 0.605. The van der Waals surface area contributed by atoms with Gasteiger partial charge in [0.1, 0.15) is 11.6 Å². The second-order valence-corrected chi connectivity index (χ2v) is 5.78. The van der Waals surface area contributed by atoms with Gasteiger partial charge in [0.25, 0.3) is 0 Å². The smallest absolute Gasteiger partial charge is 0.126 e. The van der Waals surface area contributed by atoms with Gasteiger partial charge in [-0.05, 0) is 25.0 Å². The fourth-order valence-electron chi connectivity index (χ4n) is 2.31. The van der Waals surface area contributed by atoms with E-state index >= 15 is 0 Å². The Bertz CT molecular complexity index is 375. The number of rotatable bonds is 2. The SMILES string of the molecule is Cn1c(C2CC2)nc(C2CCSC2)c1N. The van der Waals surface area contributed by atoms with Crippen molar-refractivity contribution in [3.63, 3.8) is 0 Å². The van der Waals surface area contributed by atoms with Gasteiger partial charge < -0.3 is 10.3 Å². The summed E-state index contributed by atoms with van der Waals surface area (Å²) in [6.07, 6.45) is 3.84. The van der Waals surface area contributed by atoms with Crippen LogP contribution in [0.2, 0.25) is 0 Å². The van der Waals surface area contributed by atoms with Crippen LogP contribution in [0.5, 0.6) is 0 Å². The summed E-state index contributed by atoms with van der Waals surface area (Å²) in [6.45, 7) is 0. The maximum atomic E-state index is 6.14. The highest BCUT2D eigenvalue weighted by Gasteiger charge is 2.32. The first-order chi connectivity index (χ1) is 7.27. The molecule has 4 heteroatoms. The van der Waals surface area contributed by atoms with E-state index in [-0.39, 0.29) is 0 Å². The van der Waals surface area contributed by atoms with Gasteiger partial charge in [0.2, 0.25) is 0 Å². The average molecular weight is 223 g/mol. The third kappa shape index (κ3) is 1.55. The van der Waals surface area contributed by atoms with E-state index in [9.17, 15) is 0 Å². The number of nitrogens with zero attached hydrogens (tertiary/aromatic N) is 2. The molecule has 1 aliphatic heterocycles. The van der Waals surface area contributed by atoms with Gasteiger partial charge in [-0.25, -0.2) is 4.98 Å². The first-order valence-corrected chi connectivity index (χ1v) is 6.82. The lowest BCUT2D eigenvalue weighted by Gasteiger charge is -2.05. The van der Waals surface area contributed by atoms with Gasteiger partial charge in [0.05, 0.1) is 5.69 Å². The summed E-state index contributed by atoms with van der Waals surface area (Å²) in [5.74, 6) is 5.89. The Morgan fingerprint density at radius 3 is 2.73 bits per heavy atom. The molecule has 1 saturated carbocycles. The van der Waals surface area contributed by atoms with Crippen LogP contribution in [0.4, 0.5) is 5.82 Å². The molecule has 2 aliphatic rings. The van der Waals surface area contributed by atoms with Gasteiger partial charge in [0.15, 0.2) is 0 Å². The number of aromatic nitrogens is 2. The molecular formula is C11H17N3S. The topological polar surface area (TPSA) is 43.8 Å². The number of thioether (sulfide) groups is 1. The number of imidazole rings is 1. The third-order valence-electron chi connectivity index (χ3n) is 3.46. The van der Waals surface area contributed by atoms with E-state index in [2.05, 4.69) is 11.6 Å². The Kier molecular flexibility index (Phi) is 2.20. The molecule has 1 atom stereocenters. The van der Waals surface area contributed by atoms with Crippen LogP contribution >= 0.6 is 11.8 Å². The van der Waals surface area contributed by atoms with Crippen LogP contribution in [-0.4, -0.2) is 21.1 Å². The van der Waals surface area contributed by atoms with Crippen LogP contribution in [0.25, 0.3) is 0 Å². The Morgan fingerprint density at radius 1 is 1.33 bits per heavy atom. The highest BCUT2D eigenvalue weighted by atomic mass is 32.2. The monoisotopic (exact) mass is 223 g/mol. The van der Waals surface area contributed by atoms with Crippen molar-refractivity contribution in [1.29, 1.82) is 0 Å². The third-order valence-corrected chi connectivity index (χ3v) is 4.62. The van der Waals surface area contributed by atoms with E-state index in [0.29, 0.717) is 11.8 Å². The molecule has 0 spiro atoms. The summed E-state index contributed by atoms with van der Waals surface area (Å²) < 4.78 is 2.11. The maximum absolute atomic E-state index is 6.14. The molecular weight excluding hydrogens is 206 g/mol. The minimum Gasteiger partial charge on any atom is -0.384 e. The van der Waals surface area contributed by atoms with Gasteiger partial charge in [0, 0.05) is 24.6 Å². The van der Waals surface area contributed by atoms with Crippen molar-refractivity contribution >= 4 is 17.6 Å². The second kappa shape index (κ2) is 3.44. The molecule has 3 rings (SSSR count). The molecule has 0 aromatic carbocycles. The van der Waals surface area contributed by atoms with Gasteiger partial charge in [-0.3, -0.25) is 0 Å². The first kappa shape index (κ1) is 9.58. The average Bonchev–Trinajstić information content (AvgIpc) is 2.84. The highest BCUT2D eigenvalue weighted by molar-refractivity contribution is 7.99. The predicted molar refractivity (Wildman–Crippen MR) is 64.3 cm³/mol. The molecule has 15 heavy (non-hydrogen) atoms. The van der Waals surface area contributed by atoms with Crippen LogP contribution in [0.3, 0.4) is 0 Å². The molecule has 82 valence electrons. The largest absolute Gasteiger partial charge is 0.384 e. The lowest BCUT2D eigenvalue weighted by atomic mass is 10.1. The maximum Gasteiger partial charge on any atom is 0.126 e. The molecule has 0 bridgehead atoms. The molecule has 2 N–H and O–H groups in total. The van der Waals surface area contributed by atoms with E-state index in [1.165, 1.54) is 42.3 Å². The Labute approximate surface area is 94.4 Å². The zero-order valence-corrected chi connectivity index (χ0v) is 9.89. The summed E-state index contributed by atoms with van der Waals surface area (Å²) in [5.41, 5.74) is 7.31. The van der Waals surface area contributed by atoms with Crippen molar-refractivity contribution in [1.82, 2.24) is 9.55 Å². The lowest BCUT2D eigenvalue weighted by molar-refractivity contribution is 0.754. The van der Waals surface area contributed by atoms with E-state index in [1.54, 1.807) is 0 Å². The van der Waals surface area contributed by atoms with E-state index in [0.717, 1.165) is 5.82 Å². The minimum absolute atomic E-state index is 0.605. The van der Waals surface area contributed by atoms with Crippen molar-refractivity contribution in [3.8, 4) is 0 Å².